The van der Waals surface area contributed by atoms with Crippen molar-refractivity contribution < 1.29 is 5.11 Å². The van der Waals surface area contributed by atoms with E-state index in [1.807, 2.05) is 0 Å². The van der Waals surface area contributed by atoms with Gasteiger partial charge in [-0.25, -0.2) is 0 Å². The van der Waals surface area contributed by atoms with Gasteiger partial charge in [0.2, 0.25) is 0 Å². The van der Waals surface area contributed by atoms with Gasteiger partial charge in [0.25, 0.3) is 0 Å². The Bertz CT molecular complexity index is 165. The second-order valence-corrected chi connectivity index (χ2v) is 5.15. The number of aliphatic hydroxyl groups is 1. The molecule has 0 amide bonds. The number of likely N-dealkylation sites (tertiary alicyclic amines) is 1. The van der Waals surface area contributed by atoms with Gasteiger partial charge < -0.3 is 5.11 Å². The standard InChI is InChI=1S/C11H23NO/c1-9(2)8-12-7-5-6-10(13)11(12,3)4/h9-10,13H,5-8H2,1-4H3. The van der Waals surface area contributed by atoms with Crippen molar-refractivity contribution in [3.05, 3.63) is 0 Å². The smallest absolute Gasteiger partial charge is 0.0718 e. The third kappa shape index (κ3) is 2.44. The van der Waals surface area contributed by atoms with Crippen LogP contribution in [-0.2, 0) is 0 Å². The molecule has 1 fully saturated rings. The predicted molar refractivity (Wildman–Crippen MR) is 55.7 cm³/mol. The van der Waals surface area contributed by atoms with Crippen LogP contribution in [0.1, 0.15) is 40.5 Å². The number of hydrogen-bond acceptors (Lipinski definition) is 2. The zero-order chi connectivity index (χ0) is 10.1. The van der Waals surface area contributed by atoms with E-state index in [0.717, 1.165) is 25.9 Å². The molecular weight excluding hydrogens is 162 g/mol. The first-order valence-electron chi connectivity index (χ1n) is 5.37. The first-order chi connectivity index (χ1) is 5.94. The van der Waals surface area contributed by atoms with Crippen molar-refractivity contribution in [3.63, 3.8) is 0 Å². The second-order valence-electron chi connectivity index (χ2n) is 5.15. The SMILES string of the molecule is CC(C)CN1CCCC(O)C1(C)C. The maximum atomic E-state index is 9.88. The van der Waals surface area contributed by atoms with Gasteiger partial charge in [0.05, 0.1) is 6.10 Å². The molecule has 13 heavy (non-hydrogen) atoms. The summed E-state index contributed by atoms with van der Waals surface area (Å²) in [6, 6.07) is 0. The molecule has 1 saturated heterocycles. The Labute approximate surface area is 81.9 Å². The lowest BCUT2D eigenvalue weighted by molar-refractivity contribution is -0.0482. The van der Waals surface area contributed by atoms with Crippen LogP contribution >= 0.6 is 0 Å². The number of piperidine rings is 1. The van der Waals surface area contributed by atoms with Crippen molar-refractivity contribution in [1.82, 2.24) is 4.90 Å². The van der Waals surface area contributed by atoms with Crippen LogP contribution in [0.25, 0.3) is 0 Å². The zero-order valence-electron chi connectivity index (χ0n) is 9.38. The first-order valence-corrected chi connectivity index (χ1v) is 5.37. The lowest BCUT2D eigenvalue weighted by atomic mass is 9.86. The summed E-state index contributed by atoms with van der Waals surface area (Å²) in [7, 11) is 0. The molecule has 2 nitrogen and oxygen atoms in total. The summed E-state index contributed by atoms with van der Waals surface area (Å²) in [5.41, 5.74) is -0.0253. The van der Waals surface area contributed by atoms with Crippen molar-refractivity contribution in [2.45, 2.75) is 52.2 Å². The molecule has 0 spiro atoms. The van der Waals surface area contributed by atoms with Crippen LogP contribution in [0, 0.1) is 5.92 Å². The van der Waals surface area contributed by atoms with E-state index >= 15 is 0 Å². The van der Waals surface area contributed by atoms with Crippen molar-refractivity contribution in [2.75, 3.05) is 13.1 Å². The maximum absolute atomic E-state index is 9.88. The van der Waals surface area contributed by atoms with Gasteiger partial charge in [0.15, 0.2) is 0 Å². The molecule has 1 rings (SSSR count). The minimum absolute atomic E-state index is 0.0253. The molecule has 78 valence electrons. The molecule has 0 radical (unpaired) electrons. The van der Waals surface area contributed by atoms with Gasteiger partial charge in [-0.2, -0.15) is 0 Å². The molecule has 1 heterocycles. The highest BCUT2D eigenvalue weighted by molar-refractivity contribution is 4.92. The second kappa shape index (κ2) is 3.97. The largest absolute Gasteiger partial charge is 0.391 e. The molecule has 0 saturated carbocycles. The highest BCUT2D eigenvalue weighted by atomic mass is 16.3. The van der Waals surface area contributed by atoms with Crippen LogP contribution in [0.2, 0.25) is 0 Å². The Morgan fingerprint density at radius 2 is 2.08 bits per heavy atom. The van der Waals surface area contributed by atoms with E-state index in [1.54, 1.807) is 0 Å². The molecule has 0 bridgehead atoms. The minimum atomic E-state index is -0.153. The van der Waals surface area contributed by atoms with Gasteiger partial charge in [-0.15, -0.1) is 0 Å². The molecule has 1 N–H and O–H groups in total. The van der Waals surface area contributed by atoms with Crippen LogP contribution in [0.15, 0.2) is 0 Å². The fourth-order valence-electron chi connectivity index (χ4n) is 2.09. The lowest BCUT2D eigenvalue weighted by Crippen LogP contribution is -2.56. The summed E-state index contributed by atoms with van der Waals surface area (Å²) in [6.45, 7) is 11.0. The van der Waals surface area contributed by atoms with Crippen molar-refractivity contribution in [3.8, 4) is 0 Å². The van der Waals surface area contributed by atoms with Crippen LogP contribution in [0.3, 0.4) is 0 Å². The highest BCUT2D eigenvalue weighted by Crippen LogP contribution is 2.28. The van der Waals surface area contributed by atoms with E-state index in [9.17, 15) is 5.11 Å². The van der Waals surface area contributed by atoms with Crippen molar-refractivity contribution in [2.24, 2.45) is 5.92 Å². The minimum Gasteiger partial charge on any atom is -0.391 e. The highest BCUT2D eigenvalue weighted by Gasteiger charge is 2.37. The molecule has 0 aromatic carbocycles. The summed E-state index contributed by atoms with van der Waals surface area (Å²) in [5.74, 6) is 0.685. The van der Waals surface area contributed by atoms with E-state index < -0.39 is 0 Å². The van der Waals surface area contributed by atoms with Gasteiger partial charge in [0, 0.05) is 12.1 Å². The molecule has 1 unspecified atom stereocenters. The number of aliphatic hydroxyl groups excluding tert-OH is 1. The average molecular weight is 185 g/mol. The molecule has 0 aromatic heterocycles. The molecular formula is C11H23NO. The summed E-state index contributed by atoms with van der Waals surface area (Å²) >= 11 is 0. The van der Waals surface area contributed by atoms with Crippen LogP contribution in [-0.4, -0.2) is 34.7 Å². The molecule has 2 heteroatoms. The fraction of sp³-hybridized carbons (Fsp3) is 1.00. The van der Waals surface area contributed by atoms with Crippen LogP contribution in [0.5, 0.6) is 0 Å². The van der Waals surface area contributed by atoms with Crippen LogP contribution < -0.4 is 0 Å². The van der Waals surface area contributed by atoms with E-state index in [2.05, 4.69) is 32.6 Å². The van der Waals surface area contributed by atoms with E-state index in [-0.39, 0.29) is 11.6 Å². The normalized spacial score (nSPS) is 29.5. The third-order valence-electron chi connectivity index (χ3n) is 3.12. The Balaban J connectivity index is 2.61. The average Bonchev–Trinajstić information content (AvgIpc) is 1.99. The van der Waals surface area contributed by atoms with E-state index in [1.165, 1.54) is 0 Å². The Morgan fingerprint density at radius 1 is 1.46 bits per heavy atom. The predicted octanol–water partition coefficient (Wildman–Crippen LogP) is 1.88. The first kappa shape index (κ1) is 11.0. The Hall–Kier alpha value is -0.0800. The van der Waals surface area contributed by atoms with Gasteiger partial charge in [-0.05, 0) is 39.2 Å². The molecule has 1 aliphatic heterocycles. The van der Waals surface area contributed by atoms with Gasteiger partial charge in [0.1, 0.15) is 0 Å². The molecule has 0 aliphatic carbocycles. The number of rotatable bonds is 2. The summed E-state index contributed by atoms with van der Waals surface area (Å²) in [5, 5.41) is 9.88. The van der Waals surface area contributed by atoms with Crippen molar-refractivity contribution in [1.29, 1.82) is 0 Å². The van der Waals surface area contributed by atoms with Crippen LogP contribution in [0.4, 0.5) is 0 Å². The monoisotopic (exact) mass is 185 g/mol. The van der Waals surface area contributed by atoms with Crippen molar-refractivity contribution >= 4 is 0 Å². The summed E-state index contributed by atoms with van der Waals surface area (Å²) in [6.07, 6.45) is 1.94. The van der Waals surface area contributed by atoms with Gasteiger partial charge >= 0.3 is 0 Å². The van der Waals surface area contributed by atoms with Gasteiger partial charge in [-0.1, -0.05) is 13.8 Å². The molecule has 0 aromatic rings. The number of hydrogen-bond donors (Lipinski definition) is 1. The van der Waals surface area contributed by atoms with E-state index in [0.29, 0.717) is 5.92 Å². The lowest BCUT2D eigenvalue weighted by Gasteiger charge is -2.46. The van der Waals surface area contributed by atoms with E-state index in [4.69, 9.17) is 0 Å². The molecule has 1 aliphatic rings. The topological polar surface area (TPSA) is 23.5 Å². The zero-order valence-corrected chi connectivity index (χ0v) is 9.38. The Morgan fingerprint density at radius 3 is 2.62 bits per heavy atom. The van der Waals surface area contributed by atoms with Gasteiger partial charge in [-0.3, -0.25) is 4.90 Å². The molecule has 1 atom stereocenters. The summed E-state index contributed by atoms with van der Waals surface area (Å²) < 4.78 is 0. The number of nitrogens with zero attached hydrogens (tertiary/aromatic N) is 1. The fourth-order valence-corrected chi connectivity index (χ4v) is 2.09. The quantitative estimate of drug-likeness (QED) is 0.710. The third-order valence-corrected chi connectivity index (χ3v) is 3.12. The Kier molecular flexibility index (Phi) is 3.36. The summed E-state index contributed by atoms with van der Waals surface area (Å²) in [4.78, 5) is 2.42. The maximum Gasteiger partial charge on any atom is 0.0718 e.